The molecule has 0 fully saturated rings. The molecular formula is C8H10ClNO. The molecule has 0 aliphatic heterocycles. The number of aromatic nitrogens is 1. The Hall–Kier alpha value is -0.760. The van der Waals surface area contributed by atoms with Gasteiger partial charge < -0.3 is 4.57 Å². The number of ketones is 1. The number of nitrogens with zero attached hydrogens (tertiary/aromatic N) is 1. The van der Waals surface area contributed by atoms with E-state index in [1.54, 1.807) is 6.07 Å². The molecule has 0 N–H and O–H groups in total. The molecule has 0 aromatic carbocycles. The topological polar surface area (TPSA) is 22.0 Å². The Balaban J connectivity index is 2.80. The summed E-state index contributed by atoms with van der Waals surface area (Å²) in [4.78, 5) is 11.0. The first-order valence-electron chi connectivity index (χ1n) is 3.53. The van der Waals surface area contributed by atoms with E-state index in [0.29, 0.717) is 5.56 Å². The third-order valence-electron chi connectivity index (χ3n) is 1.56. The van der Waals surface area contributed by atoms with Crippen molar-refractivity contribution in [2.24, 2.45) is 0 Å². The van der Waals surface area contributed by atoms with Gasteiger partial charge in [0.05, 0.1) is 5.88 Å². The van der Waals surface area contributed by atoms with Gasteiger partial charge in [-0.15, -0.1) is 11.6 Å². The normalized spacial score (nSPS) is 10.0. The Morgan fingerprint density at radius 3 is 2.91 bits per heavy atom. The minimum atomic E-state index is -0.0149. The summed E-state index contributed by atoms with van der Waals surface area (Å²) in [5.41, 5.74) is 0.696. The highest BCUT2D eigenvalue weighted by atomic mass is 35.5. The lowest BCUT2D eigenvalue weighted by Crippen LogP contribution is -1.98. The Morgan fingerprint density at radius 1 is 1.73 bits per heavy atom. The zero-order valence-electron chi connectivity index (χ0n) is 6.38. The number of halogens is 1. The smallest absolute Gasteiger partial charge is 0.179 e. The molecule has 0 bridgehead atoms. The van der Waals surface area contributed by atoms with Crippen LogP contribution in [0, 0.1) is 0 Å². The Labute approximate surface area is 70.8 Å². The van der Waals surface area contributed by atoms with Gasteiger partial charge >= 0.3 is 0 Å². The predicted octanol–water partition coefficient (Wildman–Crippen LogP) is 1.93. The maximum atomic E-state index is 11.0. The van der Waals surface area contributed by atoms with Crippen LogP contribution in [0.2, 0.25) is 0 Å². The fraction of sp³-hybridized carbons (Fsp3) is 0.375. The zero-order valence-corrected chi connectivity index (χ0v) is 7.14. The summed E-state index contributed by atoms with van der Waals surface area (Å²) in [6.07, 6.45) is 3.69. The molecule has 0 aliphatic carbocycles. The van der Waals surface area contributed by atoms with Gasteiger partial charge in [-0.2, -0.15) is 0 Å². The third kappa shape index (κ3) is 1.84. The number of alkyl halides is 1. The second-order valence-electron chi connectivity index (χ2n) is 2.29. The number of aryl methyl sites for hydroxylation is 1. The number of Topliss-reactive ketones (excluding diaryl/α,β-unsaturated/α-hetero) is 1. The lowest BCUT2D eigenvalue weighted by atomic mass is 10.2. The van der Waals surface area contributed by atoms with Gasteiger partial charge in [-0.3, -0.25) is 4.79 Å². The Bertz CT molecular complexity index is 254. The lowest BCUT2D eigenvalue weighted by molar-refractivity contribution is 0.102. The molecule has 1 rings (SSSR count). The van der Waals surface area contributed by atoms with Gasteiger partial charge in [0, 0.05) is 24.5 Å². The van der Waals surface area contributed by atoms with Crippen LogP contribution in [0.1, 0.15) is 17.3 Å². The van der Waals surface area contributed by atoms with E-state index in [0.717, 1.165) is 6.54 Å². The highest BCUT2D eigenvalue weighted by molar-refractivity contribution is 6.30. The maximum Gasteiger partial charge on any atom is 0.179 e. The molecule has 0 saturated heterocycles. The average Bonchev–Trinajstić information content (AvgIpc) is 2.50. The number of hydrogen-bond acceptors (Lipinski definition) is 1. The van der Waals surface area contributed by atoms with Crippen molar-refractivity contribution in [3.63, 3.8) is 0 Å². The molecular weight excluding hydrogens is 162 g/mol. The first-order valence-corrected chi connectivity index (χ1v) is 4.06. The fourth-order valence-corrected chi connectivity index (χ4v) is 1.03. The monoisotopic (exact) mass is 171 g/mol. The van der Waals surface area contributed by atoms with E-state index in [9.17, 15) is 4.79 Å². The fourth-order valence-electron chi connectivity index (χ4n) is 0.880. The van der Waals surface area contributed by atoms with Crippen molar-refractivity contribution in [3.05, 3.63) is 24.0 Å². The van der Waals surface area contributed by atoms with Crippen LogP contribution in [0.3, 0.4) is 0 Å². The van der Waals surface area contributed by atoms with Crippen LogP contribution in [0.25, 0.3) is 0 Å². The summed E-state index contributed by atoms with van der Waals surface area (Å²) in [5.74, 6) is 0.0483. The van der Waals surface area contributed by atoms with E-state index in [4.69, 9.17) is 11.6 Å². The molecule has 0 atom stereocenters. The molecule has 0 amide bonds. The van der Waals surface area contributed by atoms with Crippen LogP contribution in [0.5, 0.6) is 0 Å². The quantitative estimate of drug-likeness (QED) is 0.503. The van der Waals surface area contributed by atoms with Gasteiger partial charge in [-0.05, 0) is 13.0 Å². The zero-order chi connectivity index (χ0) is 8.27. The van der Waals surface area contributed by atoms with Crippen LogP contribution in [0.4, 0.5) is 0 Å². The van der Waals surface area contributed by atoms with Crippen LogP contribution in [-0.2, 0) is 6.54 Å². The second kappa shape index (κ2) is 3.58. The van der Waals surface area contributed by atoms with Gasteiger partial charge in [0.2, 0.25) is 0 Å². The van der Waals surface area contributed by atoms with Crippen molar-refractivity contribution in [2.45, 2.75) is 13.5 Å². The molecule has 0 radical (unpaired) electrons. The van der Waals surface area contributed by atoms with Gasteiger partial charge in [0.1, 0.15) is 0 Å². The molecule has 0 spiro atoms. The highest BCUT2D eigenvalue weighted by Crippen LogP contribution is 2.03. The molecule has 0 saturated carbocycles. The van der Waals surface area contributed by atoms with Crippen molar-refractivity contribution in [3.8, 4) is 0 Å². The van der Waals surface area contributed by atoms with Gasteiger partial charge in [-0.25, -0.2) is 0 Å². The molecule has 11 heavy (non-hydrogen) atoms. The largest absolute Gasteiger partial charge is 0.354 e. The highest BCUT2D eigenvalue weighted by Gasteiger charge is 2.03. The summed E-state index contributed by atoms with van der Waals surface area (Å²) < 4.78 is 1.94. The van der Waals surface area contributed by atoms with Crippen molar-refractivity contribution >= 4 is 17.4 Å². The van der Waals surface area contributed by atoms with E-state index in [-0.39, 0.29) is 11.7 Å². The summed E-state index contributed by atoms with van der Waals surface area (Å²) >= 11 is 5.38. The molecule has 1 aromatic heterocycles. The summed E-state index contributed by atoms with van der Waals surface area (Å²) in [6, 6.07) is 1.79. The van der Waals surface area contributed by atoms with Crippen molar-refractivity contribution in [2.75, 3.05) is 5.88 Å². The molecule has 60 valence electrons. The second-order valence-corrected chi connectivity index (χ2v) is 2.55. The minimum absolute atomic E-state index is 0.0149. The minimum Gasteiger partial charge on any atom is -0.354 e. The van der Waals surface area contributed by atoms with Crippen molar-refractivity contribution in [1.29, 1.82) is 0 Å². The number of carbonyl (C=O) groups is 1. The number of hydrogen-bond donors (Lipinski definition) is 0. The molecule has 1 aromatic rings. The number of carbonyl (C=O) groups excluding carboxylic acids is 1. The van der Waals surface area contributed by atoms with E-state index in [1.807, 2.05) is 23.9 Å². The van der Waals surface area contributed by atoms with E-state index >= 15 is 0 Å². The lowest BCUT2D eigenvalue weighted by Gasteiger charge is -1.92. The molecule has 0 aliphatic rings. The first-order chi connectivity index (χ1) is 5.27. The first kappa shape index (κ1) is 8.34. The SMILES string of the molecule is CCn1ccc(C(=O)CCl)c1. The van der Waals surface area contributed by atoms with Gasteiger partial charge in [-0.1, -0.05) is 0 Å². The number of rotatable bonds is 3. The summed E-state index contributed by atoms with van der Waals surface area (Å²) in [7, 11) is 0. The predicted molar refractivity (Wildman–Crippen MR) is 45.2 cm³/mol. The average molecular weight is 172 g/mol. The van der Waals surface area contributed by atoms with E-state index < -0.39 is 0 Å². The maximum absolute atomic E-state index is 11.0. The van der Waals surface area contributed by atoms with Crippen LogP contribution < -0.4 is 0 Å². The van der Waals surface area contributed by atoms with Gasteiger partial charge in [0.15, 0.2) is 5.78 Å². The Morgan fingerprint density at radius 2 is 2.45 bits per heavy atom. The summed E-state index contributed by atoms with van der Waals surface area (Å²) in [5, 5.41) is 0. The van der Waals surface area contributed by atoms with Crippen LogP contribution in [0.15, 0.2) is 18.5 Å². The molecule has 2 nitrogen and oxygen atoms in total. The summed E-state index contributed by atoms with van der Waals surface area (Å²) in [6.45, 7) is 2.91. The van der Waals surface area contributed by atoms with Gasteiger partial charge in [0.25, 0.3) is 0 Å². The molecule has 1 heterocycles. The van der Waals surface area contributed by atoms with Crippen LogP contribution >= 0.6 is 11.6 Å². The van der Waals surface area contributed by atoms with Crippen LogP contribution in [-0.4, -0.2) is 16.2 Å². The Kier molecular flexibility index (Phi) is 2.71. The van der Waals surface area contributed by atoms with Crippen molar-refractivity contribution in [1.82, 2.24) is 4.57 Å². The molecule has 3 heteroatoms. The van der Waals surface area contributed by atoms with Crippen molar-refractivity contribution < 1.29 is 4.79 Å². The van der Waals surface area contributed by atoms with E-state index in [1.165, 1.54) is 0 Å². The molecule has 0 unspecified atom stereocenters. The standard InChI is InChI=1S/C8H10ClNO/c1-2-10-4-3-7(6-10)8(11)5-9/h3-4,6H,2,5H2,1H3. The van der Waals surface area contributed by atoms with E-state index in [2.05, 4.69) is 0 Å². The third-order valence-corrected chi connectivity index (χ3v) is 1.80.